The van der Waals surface area contributed by atoms with Gasteiger partial charge in [-0.1, -0.05) is 65.0 Å². The van der Waals surface area contributed by atoms with E-state index < -0.39 is 47.1 Å². The molecule has 15 atom stereocenters. The van der Waals surface area contributed by atoms with Gasteiger partial charge >= 0.3 is 17.9 Å². The fraction of sp³-hybridized carbons (Fsp3) is 0.745. The average molecular weight is 857 g/mol. The number of carbonyl (C=O) groups excluding carboxylic acids is 3. The zero-order chi connectivity index (χ0) is 43.7. The number of carbonyl (C=O) groups is 3. The summed E-state index contributed by atoms with van der Waals surface area (Å²) in [6.07, 6.45) is 15.7. The van der Waals surface area contributed by atoms with Gasteiger partial charge in [0.15, 0.2) is 6.10 Å². The van der Waals surface area contributed by atoms with Crippen LogP contribution in [-0.2, 0) is 42.8 Å². The molecule has 11 nitrogen and oxygen atoms in total. The summed E-state index contributed by atoms with van der Waals surface area (Å²) in [6, 6.07) is 0. The molecule has 0 amide bonds. The third kappa shape index (κ3) is 6.31. The molecule has 0 aromatic carbocycles. The van der Waals surface area contributed by atoms with Crippen LogP contribution >= 0.6 is 0 Å². The van der Waals surface area contributed by atoms with Crippen molar-refractivity contribution in [1.29, 1.82) is 0 Å². The van der Waals surface area contributed by atoms with Crippen LogP contribution in [0.15, 0.2) is 58.7 Å². The number of cyclic esters (lactones) is 1. The third-order valence-electron chi connectivity index (χ3n) is 18.4. The second-order valence-electron chi connectivity index (χ2n) is 21.9. The minimum Gasteiger partial charge on any atom is -0.458 e. The molecule has 11 heteroatoms. The van der Waals surface area contributed by atoms with Crippen molar-refractivity contribution in [2.24, 2.45) is 46.3 Å². The summed E-state index contributed by atoms with van der Waals surface area (Å²) >= 11 is 0. The number of allylic oxidation sites excluding steroid dienone is 4. The standard InChI is InChI=1S/C51H68O11/c1-27(2)50-43(61-50)44-51(62-44)48(6)22-20-34-35(25-57-45(34)56)38(48)26-58-49(51,7)46(50)60-42(55)19-18-41(54)59-40(31-12-13-31)17-10-28(3)36-15-16-37-30(9-8-21-47(36,37)5)11-14-32-23-33(52)24-39(53)29(32)4/h10-11,14,17,27-28,31,33,36-40,43-44,46,52-53H,4,8-9,12-13,15-16,18-26H2,1-3,5-7H3/b17-10+,30-11+,32-14-/t28-,33+,36?,37?,38-,39-,40?,43-,44-,46-,47+,48-,49+,50-,51+/m0/s1. The number of aliphatic hydroxyl groups excluding tert-OH is 2. The van der Waals surface area contributed by atoms with Crippen LogP contribution in [0.25, 0.3) is 0 Å². The highest BCUT2D eigenvalue weighted by Gasteiger charge is 2.94. The maximum absolute atomic E-state index is 13.9. The van der Waals surface area contributed by atoms with Crippen molar-refractivity contribution < 1.29 is 53.0 Å². The molecule has 10 rings (SSSR count). The largest absolute Gasteiger partial charge is 0.458 e. The van der Waals surface area contributed by atoms with E-state index in [0.29, 0.717) is 49.5 Å². The second kappa shape index (κ2) is 15.0. The molecular weight excluding hydrogens is 789 g/mol. The highest BCUT2D eigenvalue weighted by Crippen LogP contribution is 2.77. The van der Waals surface area contributed by atoms with E-state index in [4.69, 9.17) is 28.4 Å². The first-order valence-electron chi connectivity index (χ1n) is 23.9. The maximum atomic E-state index is 13.9. The highest BCUT2D eigenvalue weighted by molar-refractivity contribution is 5.92. The number of epoxide rings is 2. The molecule has 5 saturated carbocycles. The minimum atomic E-state index is -1.00. The Kier molecular flexibility index (Phi) is 10.3. The van der Waals surface area contributed by atoms with E-state index >= 15 is 0 Å². The Labute approximate surface area is 366 Å². The van der Waals surface area contributed by atoms with E-state index in [1.165, 1.54) is 12.0 Å². The monoisotopic (exact) mass is 856 g/mol. The Morgan fingerprint density at radius 3 is 2.47 bits per heavy atom. The molecule has 3 saturated heterocycles. The van der Waals surface area contributed by atoms with Gasteiger partial charge in [-0.3, -0.25) is 9.59 Å². The molecule has 4 aliphatic heterocycles. The molecule has 62 heavy (non-hydrogen) atoms. The van der Waals surface area contributed by atoms with Gasteiger partial charge in [0.1, 0.15) is 41.7 Å². The minimum absolute atomic E-state index is 0.0177. The number of ether oxygens (including phenoxy) is 6. The topological polar surface area (TPSA) is 154 Å². The van der Waals surface area contributed by atoms with E-state index in [-0.39, 0.29) is 66.4 Å². The first-order valence-corrected chi connectivity index (χ1v) is 23.9. The first kappa shape index (κ1) is 42.8. The molecule has 0 aromatic heterocycles. The first-order chi connectivity index (χ1) is 29.5. The van der Waals surface area contributed by atoms with Gasteiger partial charge in [0.05, 0.1) is 31.7 Å². The number of esters is 3. The van der Waals surface area contributed by atoms with Crippen LogP contribution < -0.4 is 0 Å². The summed E-state index contributed by atoms with van der Waals surface area (Å²) in [4.78, 5) is 39.9. The Balaban J connectivity index is 0.778. The van der Waals surface area contributed by atoms with Crippen molar-refractivity contribution in [2.75, 3.05) is 13.2 Å². The lowest BCUT2D eigenvalue weighted by molar-refractivity contribution is -0.260. The average Bonchev–Trinajstić information content (AvgIpc) is 4.15. The Morgan fingerprint density at radius 2 is 1.71 bits per heavy atom. The molecule has 1 spiro atoms. The number of hydrogen-bond donors (Lipinski definition) is 2. The number of hydrogen-bond acceptors (Lipinski definition) is 11. The van der Waals surface area contributed by atoms with Gasteiger partial charge in [-0.25, -0.2) is 4.79 Å². The Hall–Kier alpha value is -3.09. The van der Waals surface area contributed by atoms with E-state index in [1.807, 2.05) is 6.92 Å². The van der Waals surface area contributed by atoms with Gasteiger partial charge in [0, 0.05) is 23.3 Å². The van der Waals surface area contributed by atoms with Crippen molar-refractivity contribution in [1.82, 2.24) is 0 Å². The summed E-state index contributed by atoms with van der Waals surface area (Å²) in [6.45, 7) is 17.9. The number of aliphatic hydroxyl groups is 2. The lowest BCUT2D eigenvalue weighted by Gasteiger charge is -2.60. The second-order valence-corrected chi connectivity index (χ2v) is 21.9. The predicted octanol–water partition coefficient (Wildman–Crippen LogP) is 7.34. The van der Waals surface area contributed by atoms with Crippen molar-refractivity contribution in [3.05, 3.63) is 58.7 Å². The normalized spacial score (nSPS) is 46.3. The van der Waals surface area contributed by atoms with Gasteiger partial charge in [0.25, 0.3) is 0 Å². The number of rotatable bonds is 11. The molecule has 4 heterocycles. The molecule has 8 fully saturated rings. The van der Waals surface area contributed by atoms with E-state index in [9.17, 15) is 24.6 Å². The molecule has 6 aliphatic carbocycles. The SMILES string of the molecule is C=C1/C(=C\C=C2/CCC[C@@]3(C)C2CCC3[C@@H](C)/C=C/C(OC(=O)CCC(=O)O[C@@H]2[C@@]3(C(C)C)O[C@H]3[C@@H]3O[C@@]34[C@@]3(C)CCC5=C(COC5=O)[C@@H]3CO[C@]24C)C2CC2)C[C@@H](O)C[C@@H]1O. The van der Waals surface area contributed by atoms with Crippen molar-refractivity contribution in [3.8, 4) is 0 Å². The fourth-order valence-corrected chi connectivity index (χ4v) is 14.6. The molecule has 2 N–H and O–H groups in total. The van der Waals surface area contributed by atoms with Crippen LogP contribution in [-0.4, -0.2) is 94.8 Å². The summed E-state index contributed by atoms with van der Waals surface area (Å²) in [5.41, 5.74) is 2.20. The van der Waals surface area contributed by atoms with Gasteiger partial charge in [-0.15, -0.1) is 0 Å². The zero-order valence-electron chi connectivity index (χ0n) is 37.6. The van der Waals surface area contributed by atoms with Crippen LogP contribution in [0.3, 0.4) is 0 Å². The molecule has 338 valence electrons. The predicted molar refractivity (Wildman–Crippen MR) is 228 cm³/mol. The third-order valence-corrected chi connectivity index (χ3v) is 18.4. The van der Waals surface area contributed by atoms with E-state index in [0.717, 1.165) is 67.2 Å². The highest BCUT2D eigenvalue weighted by atomic mass is 16.7. The van der Waals surface area contributed by atoms with Crippen LogP contribution in [0.4, 0.5) is 0 Å². The molecular formula is C51H68O11. The molecule has 3 unspecified atom stereocenters. The molecule has 0 aromatic rings. The molecule has 0 radical (unpaired) electrons. The van der Waals surface area contributed by atoms with Gasteiger partial charge < -0.3 is 38.6 Å². The lowest BCUT2D eigenvalue weighted by Crippen LogP contribution is -2.75. The van der Waals surface area contributed by atoms with Crippen molar-refractivity contribution in [3.63, 3.8) is 0 Å². The Bertz CT molecular complexity index is 2040. The van der Waals surface area contributed by atoms with Crippen molar-refractivity contribution >= 4 is 17.9 Å². The number of fused-ring (bicyclic) bond motifs is 5. The van der Waals surface area contributed by atoms with Crippen LogP contribution in [0.1, 0.15) is 125 Å². The van der Waals surface area contributed by atoms with Gasteiger partial charge in [0.2, 0.25) is 0 Å². The zero-order valence-corrected chi connectivity index (χ0v) is 37.6. The maximum Gasteiger partial charge on any atom is 0.334 e. The molecule has 10 aliphatic rings. The summed E-state index contributed by atoms with van der Waals surface area (Å²) in [5, 5.41) is 20.6. The van der Waals surface area contributed by atoms with E-state index in [2.05, 4.69) is 65.5 Å². The summed E-state index contributed by atoms with van der Waals surface area (Å²) in [5.74, 6) is 0.437. The van der Waals surface area contributed by atoms with Crippen molar-refractivity contribution in [2.45, 2.75) is 178 Å². The van der Waals surface area contributed by atoms with Crippen LogP contribution in [0.2, 0.25) is 0 Å². The smallest absolute Gasteiger partial charge is 0.334 e. The summed E-state index contributed by atoms with van der Waals surface area (Å²) < 4.78 is 38.3. The quantitative estimate of drug-likeness (QED) is 0.0930. The van der Waals surface area contributed by atoms with Gasteiger partial charge in [-0.05, 0) is 129 Å². The fourth-order valence-electron chi connectivity index (χ4n) is 14.6. The van der Waals surface area contributed by atoms with Gasteiger partial charge in [-0.2, -0.15) is 0 Å². The lowest BCUT2D eigenvalue weighted by atomic mass is 9.49. The van der Waals surface area contributed by atoms with Crippen LogP contribution in [0, 0.1) is 46.3 Å². The van der Waals surface area contributed by atoms with Crippen LogP contribution in [0.5, 0.6) is 0 Å². The molecule has 0 bridgehead atoms. The summed E-state index contributed by atoms with van der Waals surface area (Å²) in [7, 11) is 0. The van der Waals surface area contributed by atoms with E-state index in [1.54, 1.807) is 0 Å². The Morgan fingerprint density at radius 1 is 0.935 bits per heavy atom.